The van der Waals surface area contributed by atoms with E-state index >= 15 is 0 Å². The molecule has 5 rings (SSSR count). The summed E-state index contributed by atoms with van der Waals surface area (Å²) in [5.74, 6) is 0.678. The van der Waals surface area contributed by atoms with E-state index in [4.69, 9.17) is 16.6 Å². The summed E-state index contributed by atoms with van der Waals surface area (Å²) in [5.41, 5.74) is 4.47. The van der Waals surface area contributed by atoms with Gasteiger partial charge in [-0.1, -0.05) is 72.3 Å². The van der Waals surface area contributed by atoms with E-state index in [9.17, 15) is 4.79 Å². The molecule has 2 heterocycles. The van der Waals surface area contributed by atoms with Crippen LogP contribution in [-0.2, 0) is 17.8 Å². The average molecular weight is 467 g/mol. The summed E-state index contributed by atoms with van der Waals surface area (Å²) in [5, 5.41) is 3.75. The van der Waals surface area contributed by atoms with Gasteiger partial charge in [0.15, 0.2) is 0 Å². The molecule has 0 spiro atoms. The number of benzene rings is 3. The largest absolute Gasteiger partial charge is 0.348 e. The van der Waals surface area contributed by atoms with Gasteiger partial charge in [-0.2, -0.15) is 0 Å². The Morgan fingerprint density at radius 1 is 0.912 bits per heavy atom. The predicted octanol–water partition coefficient (Wildman–Crippen LogP) is 5.58. The van der Waals surface area contributed by atoms with Crippen molar-refractivity contribution in [3.05, 3.63) is 131 Å². The second kappa shape index (κ2) is 9.89. The Kier molecular flexibility index (Phi) is 6.36. The molecule has 6 heteroatoms. The fraction of sp³-hybridized carbons (Fsp3) is 0.107. The Morgan fingerprint density at radius 2 is 1.71 bits per heavy atom. The Hall–Kier alpha value is -3.96. The fourth-order valence-corrected chi connectivity index (χ4v) is 4.38. The minimum absolute atomic E-state index is 0.118. The summed E-state index contributed by atoms with van der Waals surface area (Å²) in [6.45, 7) is 0.346. The topological polar surface area (TPSA) is 59.8 Å². The summed E-state index contributed by atoms with van der Waals surface area (Å²) < 4.78 is 2.04. The summed E-state index contributed by atoms with van der Waals surface area (Å²) in [4.78, 5) is 23.0. The maximum Gasteiger partial charge on any atom is 0.248 e. The normalized spacial score (nSPS) is 11.9. The van der Waals surface area contributed by atoms with Crippen molar-refractivity contribution in [2.75, 3.05) is 0 Å². The van der Waals surface area contributed by atoms with E-state index < -0.39 is 6.04 Å². The molecule has 0 fully saturated rings. The van der Waals surface area contributed by atoms with Crippen LogP contribution in [0.3, 0.4) is 0 Å². The molecule has 0 saturated carbocycles. The maximum atomic E-state index is 13.7. The highest BCUT2D eigenvalue weighted by atomic mass is 35.5. The van der Waals surface area contributed by atoms with Crippen molar-refractivity contribution in [3.63, 3.8) is 0 Å². The van der Waals surface area contributed by atoms with Gasteiger partial charge in [0.25, 0.3) is 0 Å². The van der Waals surface area contributed by atoms with E-state index in [-0.39, 0.29) is 5.91 Å². The second-order valence-corrected chi connectivity index (χ2v) is 8.48. The monoisotopic (exact) mass is 466 g/mol. The van der Waals surface area contributed by atoms with Crippen molar-refractivity contribution in [3.8, 4) is 0 Å². The van der Waals surface area contributed by atoms with Gasteiger partial charge in [0, 0.05) is 17.6 Å². The lowest BCUT2D eigenvalue weighted by molar-refractivity contribution is -0.123. The average Bonchev–Trinajstić information content (AvgIpc) is 3.22. The van der Waals surface area contributed by atoms with Gasteiger partial charge in [-0.15, -0.1) is 0 Å². The third kappa shape index (κ3) is 4.70. The first kappa shape index (κ1) is 21.9. The van der Waals surface area contributed by atoms with Gasteiger partial charge in [-0.3, -0.25) is 9.78 Å². The summed E-state index contributed by atoms with van der Waals surface area (Å²) in [7, 11) is 0. The van der Waals surface area contributed by atoms with E-state index in [2.05, 4.69) is 10.3 Å². The Morgan fingerprint density at radius 3 is 2.50 bits per heavy atom. The van der Waals surface area contributed by atoms with Gasteiger partial charge < -0.3 is 9.88 Å². The number of halogens is 1. The van der Waals surface area contributed by atoms with Crippen LogP contribution in [0, 0.1) is 0 Å². The van der Waals surface area contributed by atoms with Crippen LogP contribution in [0.5, 0.6) is 0 Å². The number of rotatable bonds is 7. The van der Waals surface area contributed by atoms with Crippen molar-refractivity contribution >= 4 is 28.5 Å². The third-order valence-electron chi connectivity index (χ3n) is 5.71. The second-order valence-electron chi connectivity index (χ2n) is 8.05. The quantitative estimate of drug-likeness (QED) is 0.340. The van der Waals surface area contributed by atoms with Crippen LogP contribution in [0.2, 0.25) is 5.02 Å². The number of pyridine rings is 1. The first-order chi connectivity index (χ1) is 16.7. The molecule has 0 bridgehead atoms. The molecule has 34 heavy (non-hydrogen) atoms. The number of aromatic nitrogens is 3. The molecule has 3 aromatic carbocycles. The van der Waals surface area contributed by atoms with E-state index in [1.807, 2.05) is 102 Å². The molecule has 0 aliphatic carbocycles. The van der Waals surface area contributed by atoms with Gasteiger partial charge in [-0.25, -0.2) is 4.98 Å². The third-order valence-corrected chi connectivity index (χ3v) is 5.95. The number of imidazole rings is 1. The van der Waals surface area contributed by atoms with Crippen LogP contribution >= 0.6 is 11.6 Å². The molecular weight excluding hydrogens is 444 g/mol. The molecule has 1 atom stereocenters. The molecule has 2 aromatic heterocycles. The summed E-state index contributed by atoms with van der Waals surface area (Å²) in [6.07, 6.45) is 2.27. The fourth-order valence-electron chi connectivity index (χ4n) is 4.17. The van der Waals surface area contributed by atoms with Gasteiger partial charge in [0.2, 0.25) is 5.91 Å². The highest BCUT2D eigenvalue weighted by Crippen LogP contribution is 2.28. The highest BCUT2D eigenvalue weighted by Gasteiger charge is 2.27. The lowest BCUT2D eigenvalue weighted by Gasteiger charge is -2.22. The first-order valence-electron chi connectivity index (χ1n) is 11.1. The van der Waals surface area contributed by atoms with Crippen molar-refractivity contribution in [1.82, 2.24) is 19.9 Å². The number of carbonyl (C=O) groups excluding carboxylic acids is 1. The van der Waals surface area contributed by atoms with E-state index in [0.717, 1.165) is 33.7 Å². The number of hydrogen-bond donors (Lipinski definition) is 1. The Labute approximate surface area is 203 Å². The van der Waals surface area contributed by atoms with Crippen LogP contribution in [0.4, 0.5) is 0 Å². The summed E-state index contributed by atoms with van der Waals surface area (Å²) in [6, 6.07) is 30.5. The van der Waals surface area contributed by atoms with E-state index in [1.54, 1.807) is 6.20 Å². The zero-order valence-corrected chi connectivity index (χ0v) is 19.2. The molecule has 5 nitrogen and oxygen atoms in total. The van der Waals surface area contributed by atoms with Crippen molar-refractivity contribution in [2.45, 2.75) is 19.0 Å². The van der Waals surface area contributed by atoms with Crippen LogP contribution in [0.1, 0.15) is 28.7 Å². The van der Waals surface area contributed by atoms with E-state index in [0.29, 0.717) is 18.0 Å². The number of amides is 1. The van der Waals surface area contributed by atoms with Crippen LogP contribution in [-0.4, -0.2) is 20.4 Å². The number of para-hydroxylation sites is 2. The molecule has 0 saturated heterocycles. The van der Waals surface area contributed by atoms with Gasteiger partial charge >= 0.3 is 0 Å². The number of nitrogens with zero attached hydrogens (tertiary/aromatic N) is 3. The Balaban J connectivity index is 1.59. The summed E-state index contributed by atoms with van der Waals surface area (Å²) >= 11 is 6.24. The molecule has 0 radical (unpaired) electrons. The first-order valence-corrected chi connectivity index (χ1v) is 11.5. The molecule has 5 aromatic rings. The lowest BCUT2D eigenvalue weighted by Crippen LogP contribution is -2.34. The van der Waals surface area contributed by atoms with Gasteiger partial charge in [0.05, 0.1) is 23.3 Å². The van der Waals surface area contributed by atoms with Gasteiger partial charge in [-0.05, 0) is 47.5 Å². The molecule has 0 unspecified atom stereocenters. The molecule has 1 amide bonds. The smallest absolute Gasteiger partial charge is 0.248 e. The number of hydrogen-bond acceptors (Lipinski definition) is 3. The molecule has 168 valence electrons. The molecule has 0 aliphatic rings. The number of carbonyl (C=O) groups is 1. The van der Waals surface area contributed by atoms with Crippen LogP contribution < -0.4 is 5.32 Å². The SMILES string of the molecule is O=C(NCc1ccccn1)[C@@H](c1ccccc1)n1c(Cc2cccc(Cl)c2)nc2ccccc21. The zero-order chi connectivity index (χ0) is 23.3. The van der Waals surface area contributed by atoms with Crippen LogP contribution in [0.15, 0.2) is 103 Å². The van der Waals surface area contributed by atoms with Crippen LogP contribution in [0.25, 0.3) is 11.0 Å². The lowest BCUT2D eigenvalue weighted by atomic mass is 10.0. The maximum absolute atomic E-state index is 13.7. The zero-order valence-electron chi connectivity index (χ0n) is 18.4. The van der Waals surface area contributed by atoms with Crippen molar-refractivity contribution in [2.24, 2.45) is 0 Å². The molecule has 0 aliphatic heterocycles. The van der Waals surface area contributed by atoms with Crippen molar-refractivity contribution < 1.29 is 4.79 Å². The minimum atomic E-state index is -0.591. The highest BCUT2D eigenvalue weighted by molar-refractivity contribution is 6.30. The molecular formula is C28H23ClN4O. The standard InChI is InChI=1S/C28H23ClN4O/c29-22-12-8-9-20(17-22)18-26-32-24-14-4-5-15-25(24)33(26)27(21-10-2-1-3-11-21)28(34)31-19-23-13-6-7-16-30-23/h1-17,27H,18-19H2,(H,31,34)/t27-/m1/s1. The number of fused-ring (bicyclic) bond motifs is 1. The van der Waals surface area contributed by atoms with Gasteiger partial charge in [0.1, 0.15) is 11.9 Å². The van der Waals surface area contributed by atoms with Crippen molar-refractivity contribution in [1.29, 1.82) is 0 Å². The van der Waals surface area contributed by atoms with E-state index in [1.165, 1.54) is 0 Å². The number of nitrogens with one attached hydrogen (secondary N) is 1. The Bertz CT molecular complexity index is 1420. The minimum Gasteiger partial charge on any atom is -0.348 e. The molecule has 1 N–H and O–H groups in total. The predicted molar refractivity (Wildman–Crippen MR) is 135 cm³/mol.